The number of nitrogens with zero attached hydrogens (tertiary/aromatic N) is 2. The van der Waals surface area contributed by atoms with Crippen molar-refractivity contribution in [2.45, 2.75) is 19.0 Å². The average molecular weight is 464 g/mol. The van der Waals surface area contributed by atoms with E-state index in [0.29, 0.717) is 23.0 Å². The molecule has 0 saturated carbocycles. The predicted octanol–water partition coefficient (Wildman–Crippen LogP) is 4.37. The number of anilines is 2. The molecule has 168 valence electrons. The van der Waals surface area contributed by atoms with E-state index in [9.17, 15) is 14.0 Å². The van der Waals surface area contributed by atoms with Gasteiger partial charge in [0.25, 0.3) is 5.91 Å². The Morgan fingerprint density at radius 3 is 2.33 bits per heavy atom. The first-order chi connectivity index (χ1) is 16.0. The number of benzene rings is 3. The normalized spacial score (nSPS) is 15.6. The standard InChI is InChI=1S/C25H22FN3O3S/c1-32-21-13-7-17(8-14-21)16-28-22(15-23(30)27-19-11-9-18(26)10-12-19)24(31)29(25(28)33)20-5-3-2-4-6-20/h2-14,22H,15-16H2,1H3,(H,27,30)/t22-/m1/s1. The lowest BCUT2D eigenvalue weighted by molar-refractivity contribution is -0.124. The van der Waals surface area contributed by atoms with Crippen molar-refractivity contribution < 1.29 is 18.7 Å². The first kappa shape index (κ1) is 22.4. The molecule has 0 spiro atoms. The Kier molecular flexibility index (Phi) is 6.65. The van der Waals surface area contributed by atoms with Crippen molar-refractivity contribution in [1.82, 2.24) is 4.90 Å². The Balaban J connectivity index is 1.58. The fourth-order valence-corrected chi connectivity index (χ4v) is 4.06. The molecule has 1 aliphatic rings. The summed E-state index contributed by atoms with van der Waals surface area (Å²) in [6, 6.07) is 21.3. The second-order valence-corrected chi connectivity index (χ2v) is 7.91. The molecule has 33 heavy (non-hydrogen) atoms. The number of rotatable bonds is 7. The van der Waals surface area contributed by atoms with Gasteiger partial charge < -0.3 is 15.0 Å². The fraction of sp³-hybridized carbons (Fsp3) is 0.160. The van der Waals surface area contributed by atoms with Crippen LogP contribution in [0.15, 0.2) is 78.9 Å². The van der Waals surface area contributed by atoms with Crippen molar-refractivity contribution in [3.8, 4) is 5.75 Å². The molecule has 6 nitrogen and oxygen atoms in total. The number of carbonyl (C=O) groups excluding carboxylic acids is 2. The quantitative estimate of drug-likeness (QED) is 0.528. The summed E-state index contributed by atoms with van der Waals surface area (Å²) in [5.41, 5.74) is 2.02. The van der Waals surface area contributed by atoms with Gasteiger partial charge in [-0.3, -0.25) is 14.5 Å². The molecule has 0 radical (unpaired) electrons. The van der Waals surface area contributed by atoms with Gasteiger partial charge in [0.1, 0.15) is 17.6 Å². The molecular weight excluding hydrogens is 441 g/mol. The van der Waals surface area contributed by atoms with Crippen LogP contribution < -0.4 is 15.0 Å². The molecule has 1 N–H and O–H groups in total. The predicted molar refractivity (Wildman–Crippen MR) is 128 cm³/mol. The molecule has 0 bridgehead atoms. The van der Waals surface area contributed by atoms with Crippen LogP contribution in [0.3, 0.4) is 0 Å². The highest BCUT2D eigenvalue weighted by Crippen LogP contribution is 2.29. The topological polar surface area (TPSA) is 61.9 Å². The number of halogens is 1. The molecule has 1 atom stereocenters. The van der Waals surface area contributed by atoms with Crippen molar-refractivity contribution in [3.05, 3.63) is 90.2 Å². The minimum atomic E-state index is -0.778. The highest BCUT2D eigenvalue weighted by molar-refractivity contribution is 7.80. The maximum atomic E-state index is 13.4. The molecule has 1 fully saturated rings. The van der Waals surface area contributed by atoms with Crippen LogP contribution >= 0.6 is 12.2 Å². The van der Waals surface area contributed by atoms with Crippen LogP contribution in [-0.2, 0) is 16.1 Å². The molecule has 1 saturated heterocycles. The van der Waals surface area contributed by atoms with Gasteiger partial charge in [-0.05, 0) is 66.3 Å². The highest BCUT2D eigenvalue weighted by Gasteiger charge is 2.44. The number of amides is 2. The van der Waals surface area contributed by atoms with Crippen LogP contribution in [0.5, 0.6) is 5.75 Å². The second kappa shape index (κ2) is 9.79. The lowest BCUT2D eigenvalue weighted by atomic mass is 10.1. The van der Waals surface area contributed by atoms with Crippen LogP contribution in [0.25, 0.3) is 0 Å². The minimum Gasteiger partial charge on any atom is -0.497 e. The molecule has 3 aromatic carbocycles. The Morgan fingerprint density at radius 1 is 1.03 bits per heavy atom. The van der Waals surface area contributed by atoms with Gasteiger partial charge in [0.15, 0.2) is 5.11 Å². The van der Waals surface area contributed by atoms with E-state index in [1.807, 2.05) is 42.5 Å². The molecule has 0 aromatic heterocycles. The fourth-order valence-electron chi connectivity index (χ4n) is 3.68. The van der Waals surface area contributed by atoms with E-state index >= 15 is 0 Å². The van der Waals surface area contributed by atoms with E-state index in [-0.39, 0.29) is 18.2 Å². The zero-order valence-corrected chi connectivity index (χ0v) is 18.7. The minimum absolute atomic E-state index is 0.101. The maximum absolute atomic E-state index is 13.4. The number of hydrogen-bond acceptors (Lipinski definition) is 4. The SMILES string of the molecule is COc1ccc(CN2C(=S)N(c3ccccc3)C(=O)[C@H]2CC(=O)Nc2ccc(F)cc2)cc1. The van der Waals surface area contributed by atoms with Crippen molar-refractivity contribution >= 4 is 40.5 Å². The van der Waals surface area contributed by atoms with Crippen molar-refractivity contribution in [2.24, 2.45) is 0 Å². The van der Waals surface area contributed by atoms with Crippen LogP contribution in [-0.4, -0.2) is 35.0 Å². The second-order valence-electron chi connectivity index (χ2n) is 7.54. The summed E-state index contributed by atoms with van der Waals surface area (Å²) in [5, 5.41) is 3.06. The van der Waals surface area contributed by atoms with E-state index in [1.54, 1.807) is 24.1 Å². The van der Waals surface area contributed by atoms with E-state index in [1.165, 1.54) is 29.2 Å². The van der Waals surface area contributed by atoms with Gasteiger partial charge >= 0.3 is 0 Å². The molecular formula is C25H22FN3O3S. The smallest absolute Gasteiger partial charge is 0.256 e. The van der Waals surface area contributed by atoms with E-state index < -0.39 is 11.9 Å². The van der Waals surface area contributed by atoms with E-state index in [0.717, 1.165) is 11.3 Å². The summed E-state index contributed by atoms with van der Waals surface area (Å²) >= 11 is 5.68. The van der Waals surface area contributed by atoms with Crippen molar-refractivity contribution in [1.29, 1.82) is 0 Å². The van der Waals surface area contributed by atoms with Gasteiger partial charge in [-0.15, -0.1) is 0 Å². The molecule has 2 amide bonds. The van der Waals surface area contributed by atoms with Crippen molar-refractivity contribution in [2.75, 3.05) is 17.3 Å². The van der Waals surface area contributed by atoms with Gasteiger partial charge in [0, 0.05) is 12.2 Å². The third-order valence-corrected chi connectivity index (χ3v) is 5.77. The molecule has 0 aliphatic carbocycles. The number of ether oxygens (including phenoxy) is 1. The Hall–Kier alpha value is -3.78. The number of methoxy groups -OCH3 is 1. The summed E-state index contributed by atoms with van der Waals surface area (Å²) in [7, 11) is 1.59. The lowest BCUT2D eigenvalue weighted by Crippen LogP contribution is -2.37. The number of thiocarbonyl (C=S) groups is 1. The third-order valence-electron chi connectivity index (χ3n) is 5.35. The number of nitrogens with one attached hydrogen (secondary N) is 1. The zero-order valence-electron chi connectivity index (χ0n) is 17.9. The molecule has 0 unspecified atom stereocenters. The molecule has 1 heterocycles. The van der Waals surface area contributed by atoms with Crippen molar-refractivity contribution in [3.63, 3.8) is 0 Å². The average Bonchev–Trinajstić information content (AvgIpc) is 3.05. The first-order valence-electron chi connectivity index (χ1n) is 10.3. The van der Waals surface area contributed by atoms with Crippen LogP contribution in [0.1, 0.15) is 12.0 Å². The number of para-hydroxylation sites is 1. The lowest BCUT2D eigenvalue weighted by Gasteiger charge is -2.24. The monoisotopic (exact) mass is 463 g/mol. The molecule has 8 heteroatoms. The molecule has 3 aromatic rings. The summed E-state index contributed by atoms with van der Waals surface area (Å²) in [5.74, 6) is -0.306. The maximum Gasteiger partial charge on any atom is 0.256 e. The largest absolute Gasteiger partial charge is 0.497 e. The Labute approximate surface area is 196 Å². The third kappa shape index (κ3) is 5.01. The van der Waals surface area contributed by atoms with Crippen LogP contribution in [0, 0.1) is 5.82 Å². The van der Waals surface area contributed by atoms with E-state index in [4.69, 9.17) is 17.0 Å². The zero-order chi connectivity index (χ0) is 23.4. The number of hydrogen-bond donors (Lipinski definition) is 1. The van der Waals surface area contributed by atoms with E-state index in [2.05, 4.69) is 5.32 Å². The molecule has 1 aliphatic heterocycles. The van der Waals surface area contributed by atoms with Gasteiger partial charge in [0.2, 0.25) is 5.91 Å². The van der Waals surface area contributed by atoms with Crippen LogP contribution in [0.4, 0.5) is 15.8 Å². The summed E-state index contributed by atoms with van der Waals surface area (Å²) in [6.45, 7) is 0.354. The Bertz CT molecular complexity index is 1150. The van der Waals surface area contributed by atoms with Gasteiger partial charge in [-0.1, -0.05) is 30.3 Å². The first-order valence-corrected chi connectivity index (χ1v) is 10.7. The Morgan fingerprint density at radius 2 is 1.70 bits per heavy atom. The van der Waals surface area contributed by atoms with Gasteiger partial charge in [-0.25, -0.2) is 4.39 Å². The highest BCUT2D eigenvalue weighted by atomic mass is 32.1. The van der Waals surface area contributed by atoms with Crippen LogP contribution in [0.2, 0.25) is 0 Å². The molecule has 4 rings (SSSR count). The van der Waals surface area contributed by atoms with Gasteiger partial charge in [-0.2, -0.15) is 0 Å². The summed E-state index contributed by atoms with van der Waals surface area (Å²) in [6.07, 6.45) is -0.101. The number of carbonyl (C=O) groups is 2. The summed E-state index contributed by atoms with van der Waals surface area (Å²) < 4.78 is 18.4. The summed E-state index contributed by atoms with van der Waals surface area (Å²) in [4.78, 5) is 29.4. The van der Waals surface area contributed by atoms with Gasteiger partial charge in [0.05, 0.1) is 19.2 Å².